The standard InChI is InChI=1S/C13H14BrNO2/c1-2-3-9-7-15(8-13(16)17)12-6-10(14)4-5-11(9)12/h4-7H,2-3,8H2,1H3,(H,16,17). The Morgan fingerprint density at radius 1 is 1.47 bits per heavy atom. The van der Waals surface area contributed by atoms with Gasteiger partial charge in [0.25, 0.3) is 0 Å². The highest BCUT2D eigenvalue weighted by Crippen LogP contribution is 2.26. The first kappa shape index (κ1) is 12.2. The van der Waals surface area contributed by atoms with Crippen LogP contribution in [0.5, 0.6) is 0 Å². The van der Waals surface area contributed by atoms with Gasteiger partial charge in [0.15, 0.2) is 0 Å². The number of carboxylic acid groups (broad SMARTS) is 1. The zero-order valence-electron chi connectivity index (χ0n) is 9.61. The Balaban J connectivity index is 2.57. The summed E-state index contributed by atoms with van der Waals surface area (Å²) in [6, 6.07) is 6.01. The highest BCUT2D eigenvalue weighted by molar-refractivity contribution is 9.10. The molecule has 0 unspecified atom stereocenters. The molecule has 0 atom stereocenters. The maximum absolute atomic E-state index is 10.8. The summed E-state index contributed by atoms with van der Waals surface area (Å²) in [5.74, 6) is -0.815. The van der Waals surface area contributed by atoms with Crippen LogP contribution < -0.4 is 0 Å². The van der Waals surface area contributed by atoms with Crippen LogP contribution in [0.4, 0.5) is 0 Å². The number of rotatable bonds is 4. The molecule has 1 heterocycles. The van der Waals surface area contributed by atoms with Crippen LogP contribution in [0.1, 0.15) is 18.9 Å². The lowest BCUT2D eigenvalue weighted by molar-refractivity contribution is -0.137. The van der Waals surface area contributed by atoms with E-state index >= 15 is 0 Å². The molecular formula is C13H14BrNO2. The summed E-state index contributed by atoms with van der Waals surface area (Å²) in [7, 11) is 0. The highest BCUT2D eigenvalue weighted by atomic mass is 79.9. The lowest BCUT2D eigenvalue weighted by Crippen LogP contribution is -2.07. The Morgan fingerprint density at radius 3 is 2.88 bits per heavy atom. The van der Waals surface area contributed by atoms with Crippen molar-refractivity contribution < 1.29 is 9.90 Å². The first-order valence-corrected chi connectivity index (χ1v) is 6.40. The number of aromatic nitrogens is 1. The van der Waals surface area contributed by atoms with Gasteiger partial charge in [-0.25, -0.2) is 0 Å². The van der Waals surface area contributed by atoms with Crippen molar-refractivity contribution in [2.45, 2.75) is 26.3 Å². The van der Waals surface area contributed by atoms with E-state index in [9.17, 15) is 4.79 Å². The molecule has 0 aliphatic rings. The molecule has 0 aliphatic carbocycles. The summed E-state index contributed by atoms with van der Waals surface area (Å²) in [5.41, 5.74) is 2.20. The van der Waals surface area contributed by atoms with Crippen LogP contribution in [0, 0.1) is 0 Å². The van der Waals surface area contributed by atoms with Crippen molar-refractivity contribution in [1.82, 2.24) is 4.57 Å². The summed E-state index contributed by atoms with van der Waals surface area (Å²) in [6.45, 7) is 2.13. The fraction of sp³-hybridized carbons (Fsp3) is 0.308. The van der Waals surface area contributed by atoms with Crippen LogP contribution in [0.15, 0.2) is 28.9 Å². The summed E-state index contributed by atoms with van der Waals surface area (Å²) < 4.78 is 2.77. The molecule has 1 aromatic heterocycles. The fourth-order valence-corrected chi connectivity index (χ4v) is 2.44. The van der Waals surface area contributed by atoms with E-state index in [1.165, 1.54) is 5.56 Å². The molecule has 0 saturated heterocycles. The third-order valence-electron chi connectivity index (χ3n) is 2.75. The number of carbonyl (C=O) groups is 1. The number of carboxylic acids is 1. The molecule has 0 amide bonds. The van der Waals surface area contributed by atoms with E-state index in [4.69, 9.17) is 5.11 Å². The summed E-state index contributed by atoms with van der Waals surface area (Å²) in [6.07, 6.45) is 3.99. The topological polar surface area (TPSA) is 42.2 Å². The quantitative estimate of drug-likeness (QED) is 0.939. The van der Waals surface area contributed by atoms with Gasteiger partial charge in [-0.3, -0.25) is 4.79 Å². The van der Waals surface area contributed by atoms with Gasteiger partial charge in [0.1, 0.15) is 6.54 Å². The second-order valence-corrected chi connectivity index (χ2v) is 5.00. The van der Waals surface area contributed by atoms with Gasteiger partial charge in [0.2, 0.25) is 0 Å². The van der Waals surface area contributed by atoms with Crippen LogP contribution >= 0.6 is 15.9 Å². The lowest BCUT2D eigenvalue weighted by Gasteiger charge is -2.01. The monoisotopic (exact) mass is 295 g/mol. The third kappa shape index (κ3) is 2.52. The Bertz CT molecular complexity index is 560. The number of aryl methyl sites for hydroxylation is 1. The molecule has 0 spiro atoms. The average molecular weight is 296 g/mol. The zero-order valence-corrected chi connectivity index (χ0v) is 11.2. The minimum Gasteiger partial charge on any atom is -0.480 e. The van der Waals surface area contributed by atoms with Crippen molar-refractivity contribution in [2.75, 3.05) is 0 Å². The normalized spacial score (nSPS) is 10.9. The molecule has 3 nitrogen and oxygen atoms in total. The molecule has 2 aromatic rings. The molecule has 0 bridgehead atoms. The molecule has 0 aliphatic heterocycles. The first-order chi connectivity index (χ1) is 8.11. The van der Waals surface area contributed by atoms with E-state index in [1.54, 1.807) is 4.57 Å². The molecule has 1 aromatic carbocycles. The van der Waals surface area contributed by atoms with Crippen molar-refractivity contribution in [3.8, 4) is 0 Å². The van der Waals surface area contributed by atoms with Crippen LogP contribution in [-0.4, -0.2) is 15.6 Å². The Labute approximate surface area is 108 Å². The van der Waals surface area contributed by atoms with Gasteiger partial charge in [-0.1, -0.05) is 35.3 Å². The largest absolute Gasteiger partial charge is 0.480 e. The van der Waals surface area contributed by atoms with E-state index in [0.717, 1.165) is 28.2 Å². The van der Waals surface area contributed by atoms with E-state index in [2.05, 4.69) is 22.9 Å². The number of hydrogen-bond acceptors (Lipinski definition) is 1. The van der Waals surface area contributed by atoms with Gasteiger partial charge in [0, 0.05) is 21.6 Å². The van der Waals surface area contributed by atoms with Gasteiger partial charge < -0.3 is 9.67 Å². The molecule has 17 heavy (non-hydrogen) atoms. The summed E-state index contributed by atoms with van der Waals surface area (Å²) in [4.78, 5) is 10.8. The molecule has 2 rings (SSSR count). The van der Waals surface area contributed by atoms with Gasteiger partial charge >= 0.3 is 5.97 Å². The number of aliphatic carboxylic acids is 1. The van der Waals surface area contributed by atoms with Crippen molar-refractivity contribution in [3.05, 3.63) is 34.4 Å². The Kier molecular flexibility index (Phi) is 3.52. The van der Waals surface area contributed by atoms with Crippen LogP contribution in [-0.2, 0) is 17.8 Å². The number of halogens is 1. The number of fused-ring (bicyclic) bond motifs is 1. The van der Waals surface area contributed by atoms with Crippen LogP contribution in [0.25, 0.3) is 10.9 Å². The minimum absolute atomic E-state index is 0.0106. The number of hydrogen-bond donors (Lipinski definition) is 1. The van der Waals surface area contributed by atoms with E-state index in [1.807, 2.05) is 24.4 Å². The van der Waals surface area contributed by atoms with Crippen molar-refractivity contribution in [3.63, 3.8) is 0 Å². The molecule has 1 N–H and O–H groups in total. The fourth-order valence-electron chi connectivity index (χ4n) is 2.09. The summed E-state index contributed by atoms with van der Waals surface area (Å²) >= 11 is 3.42. The van der Waals surface area contributed by atoms with Crippen molar-refractivity contribution in [1.29, 1.82) is 0 Å². The number of nitrogens with zero attached hydrogens (tertiary/aromatic N) is 1. The summed E-state index contributed by atoms with van der Waals surface area (Å²) in [5, 5.41) is 10.1. The molecule has 0 fully saturated rings. The van der Waals surface area contributed by atoms with Crippen LogP contribution in [0.2, 0.25) is 0 Å². The van der Waals surface area contributed by atoms with Crippen LogP contribution in [0.3, 0.4) is 0 Å². The average Bonchev–Trinajstić information content (AvgIpc) is 2.56. The van der Waals surface area contributed by atoms with Gasteiger partial charge in [-0.15, -0.1) is 0 Å². The molecule has 4 heteroatoms. The molecule has 0 saturated carbocycles. The lowest BCUT2D eigenvalue weighted by atomic mass is 10.1. The SMILES string of the molecule is CCCc1cn(CC(=O)O)c2cc(Br)ccc12. The Morgan fingerprint density at radius 2 is 2.24 bits per heavy atom. The van der Waals surface area contributed by atoms with Gasteiger partial charge in [-0.2, -0.15) is 0 Å². The first-order valence-electron chi connectivity index (χ1n) is 5.61. The zero-order chi connectivity index (χ0) is 12.4. The molecule has 90 valence electrons. The second-order valence-electron chi connectivity index (χ2n) is 4.09. The number of benzene rings is 1. The second kappa shape index (κ2) is 4.92. The van der Waals surface area contributed by atoms with E-state index in [0.29, 0.717) is 0 Å². The smallest absolute Gasteiger partial charge is 0.323 e. The Hall–Kier alpha value is -1.29. The van der Waals surface area contributed by atoms with Crippen molar-refractivity contribution >= 4 is 32.8 Å². The van der Waals surface area contributed by atoms with Gasteiger partial charge in [-0.05, 0) is 24.1 Å². The van der Waals surface area contributed by atoms with Gasteiger partial charge in [0.05, 0.1) is 0 Å². The van der Waals surface area contributed by atoms with E-state index < -0.39 is 5.97 Å². The third-order valence-corrected chi connectivity index (χ3v) is 3.25. The maximum atomic E-state index is 10.8. The predicted octanol–water partition coefficient (Wildman–Crippen LogP) is 3.44. The van der Waals surface area contributed by atoms with E-state index in [-0.39, 0.29) is 6.54 Å². The highest BCUT2D eigenvalue weighted by Gasteiger charge is 2.10. The molecular weight excluding hydrogens is 282 g/mol. The maximum Gasteiger partial charge on any atom is 0.323 e. The minimum atomic E-state index is -0.815. The predicted molar refractivity (Wildman–Crippen MR) is 71.3 cm³/mol. The van der Waals surface area contributed by atoms with Crippen molar-refractivity contribution in [2.24, 2.45) is 0 Å². The molecule has 0 radical (unpaired) electrons.